The predicted molar refractivity (Wildman–Crippen MR) is 112 cm³/mol. The van der Waals surface area contributed by atoms with E-state index < -0.39 is 6.10 Å². The highest BCUT2D eigenvalue weighted by atomic mass is 32.1. The molecule has 5 heterocycles. The number of aryl methyl sites for hydroxylation is 1. The van der Waals surface area contributed by atoms with Gasteiger partial charge < -0.3 is 10.0 Å². The van der Waals surface area contributed by atoms with Crippen molar-refractivity contribution >= 4 is 32.6 Å². The molecular formula is C21H23N5OS. The molecule has 0 aliphatic carbocycles. The highest BCUT2D eigenvalue weighted by Crippen LogP contribution is 2.36. The summed E-state index contributed by atoms with van der Waals surface area (Å²) in [6.45, 7) is 2.07. The number of fused-ring (bicyclic) bond motifs is 2. The van der Waals surface area contributed by atoms with Crippen LogP contribution >= 0.6 is 11.3 Å². The van der Waals surface area contributed by atoms with Gasteiger partial charge in [0.2, 0.25) is 0 Å². The van der Waals surface area contributed by atoms with Crippen molar-refractivity contribution in [3.05, 3.63) is 41.5 Å². The lowest BCUT2D eigenvalue weighted by atomic mass is 9.92. The summed E-state index contributed by atoms with van der Waals surface area (Å²) >= 11 is 1.60. The largest absolute Gasteiger partial charge is 0.387 e. The molecule has 28 heavy (non-hydrogen) atoms. The van der Waals surface area contributed by atoms with E-state index in [-0.39, 0.29) is 0 Å². The second-order valence-electron chi connectivity index (χ2n) is 7.79. The number of aliphatic hydroxyl groups is 1. The summed E-state index contributed by atoms with van der Waals surface area (Å²) in [5.41, 5.74) is 2.61. The van der Waals surface area contributed by atoms with Crippen molar-refractivity contribution < 1.29 is 5.11 Å². The molecule has 7 heteroatoms. The molecule has 6 nitrogen and oxygen atoms in total. The van der Waals surface area contributed by atoms with Gasteiger partial charge in [-0.3, -0.25) is 4.68 Å². The summed E-state index contributed by atoms with van der Waals surface area (Å²) in [4.78, 5) is 13.6. The zero-order valence-corrected chi connectivity index (χ0v) is 16.9. The molecule has 0 bridgehead atoms. The lowest BCUT2D eigenvalue weighted by Crippen LogP contribution is -2.34. The van der Waals surface area contributed by atoms with Crippen LogP contribution in [-0.2, 0) is 7.05 Å². The first-order chi connectivity index (χ1) is 13.6. The molecule has 0 unspecified atom stereocenters. The average Bonchev–Trinajstić information content (AvgIpc) is 3.28. The molecule has 5 rings (SSSR count). The molecule has 1 N–H and O–H groups in total. The van der Waals surface area contributed by atoms with Gasteiger partial charge in [0.05, 0.1) is 11.8 Å². The second-order valence-corrected chi connectivity index (χ2v) is 8.85. The van der Waals surface area contributed by atoms with Gasteiger partial charge in [-0.1, -0.05) is 0 Å². The van der Waals surface area contributed by atoms with Crippen molar-refractivity contribution in [3.8, 4) is 11.3 Å². The third-order valence-electron chi connectivity index (χ3n) is 5.57. The fourth-order valence-corrected chi connectivity index (χ4v) is 5.22. The van der Waals surface area contributed by atoms with Crippen LogP contribution in [0.1, 0.15) is 23.8 Å². The monoisotopic (exact) mass is 393 g/mol. The van der Waals surface area contributed by atoms with Crippen molar-refractivity contribution in [1.82, 2.24) is 24.6 Å². The van der Waals surface area contributed by atoms with Gasteiger partial charge in [-0.2, -0.15) is 5.10 Å². The standard InChI is InChI=1S/C21H23N5OS/c1-25-7-3-4-14(11-25)19(27)18-9-13-5-6-17(23-21(13)28-18)15-8-16-12-26(2)24-20(16)22-10-15/h5-6,8-10,12,14,19,27H,3-4,7,11H2,1-2H3/t14-,19+/m0/s1. The van der Waals surface area contributed by atoms with Crippen LogP contribution in [0.25, 0.3) is 32.5 Å². The van der Waals surface area contributed by atoms with Crippen LogP contribution in [0.5, 0.6) is 0 Å². The number of piperidine rings is 1. The molecule has 2 atom stereocenters. The summed E-state index contributed by atoms with van der Waals surface area (Å²) < 4.78 is 1.77. The summed E-state index contributed by atoms with van der Waals surface area (Å²) in [7, 11) is 4.03. The normalized spacial score (nSPS) is 19.5. The van der Waals surface area contributed by atoms with Crippen LogP contribution in [0.15, 0.2) is 36.7 Å². The Morgan fingerprint density at radius 2 is 2.11 bits per heavy atom. The van der Waals surface area contributed by atoms with E-state index in [0.29, 0.717) is 5.92 Å². The molecule has 0 amide bonds. The van der Waals surface area contributed by atoms with E-state index >= 15 is 0 Å². The van der Waals surface area contributed by atoms with Crippen molar-refractivity contribution in [2.24, 2.45) is 13.0 Å². The highest BCUT2D eigenvalue weighted by molar-refractivity contribution is 7.18. The SMILES string of the molecule is CN1CCC[C@H]([C@@H](O)c2cc3ccc(-c4cnc5nn(C)cc5c4)nc3s2)C1. The van der Waals surface area contributed by atoms with Gasteiger partial charge in [-0.15, -0.1) is 11.3 Å². The molecule has 0 saturated carbocycles. The maximum Gasteiger partial charge on any atom is 0.181 e. The van der Waals surface area contributed by atoms with Crippen LogP contribution in [0, 0.1) is 5.92 Å². The summed E-state index contributed by atoms with van der Waals surface area (Å²) in [6, 6.07) is 8.28. The van der Waals surface area contributed by atoms with Crippen molar-refractivity contribution in [1.29, 1.82) is 0 Å². The minimum atomic E-state index is -0.418. The Hall–Kier alpha value is -2.35. The Morgan fingerprint density at radius 1 is 1.21 bits per heavy atom. The Morgan fingerprint density at radius 3 is 2.96 bits per heavy atom. The zero-order valence-electron chi connectivity index (χ0n) is 16.0. The Kier molecular flexibility index (Phi) is 4.38. The molecule has 1 fully saturated rings. The lowest BCUT2D eigenvalue weighted by Gasteiger charge is -2.32. The molecule has 0 spiro atoms. The van der Waals surface area contributed by atoms with Crippen LogP contribution in [-0.4, -0.2) is 49.9 Å². The van der Waals surface area contributed by atoms with Crippen molar-refractivity contribution in [2.75, 3.05) is 20.1 Å². The third kappa shape index (κ3) is 3.19. The van der Waals surface area contributed by atoms with Crippen LogP contribution < -0.4 is 0 Å². The van der Waals surface area contributed by atoms with Crippen molar-refractivity contribution in [2.45, 2.75) is 18.9 Å². The van der Waals surface area contributed by atoms with E-state index in [0.717, 1.165) is 63.3 Å². The van der Waals surface area contributed by atoms with Gasteiger partial charge in [0.15, 0.2) is 5.65 Å². The number of hydrogen-bond acceptors (Lipinski definition) is 6. The minimum absolute atomic E-state index is 0.295. The van der Waals surface area contributed by atoms with Crippen LogP contribution in [0.4, 0.5) is 0 Å². The van der Waals surface area contributed by atoms with Gasteiger partial charge in [-0.25, -0.2) is 9.97 Å². The number of aromatic nitrogens is 4. The minimum Gasteiger partial charge on any atom is -0.387 e. The highest BCUT2D eigenvalue weighted by Gasteiger charge is 2.27. The van der Waals surface area contributed by atoms with Gasteiger partial charge >= 0.3 is 0 Å². The lowest BCUT2D eigenvalue weighted by molar-refractivity contribution is 0.0617. The molecule has 4 aromatic rings. The maximum atomic E-state index is 10.9. The topological polar surface area (TPSA) is 67.1 Å². The average molecular weight is 394 g/mol. The molecule has 144 valence electrons. The van der Waals surface area contributed by atoms with E-state index in [1.54, 1.807) is 16.0 Å². The number of hydrogen-bond donors (Lipinski definition) is 1. The zero-order chi connectivity index (χ0) is 19.3. The molecular weight excluding hydrogens is 370 g/mol. The molecule has 0 aromatic carbocycles. The first kappa shape index (κ1) is 17.7. The van der Waals surface area contributed by atoms with Gasteiger partial charge in [-0.05, 0) is 50.7 Å². The fraction of sp³-hybridized carbons (Fsp3) is 0.381. The third-order valence-corrected chi connectivity index (χ3v) is 6.69. The van der Waals surface area contributed by atoms with Crippen LogP contribution in [0.2, 0.25) is 0 Å². The Bertz CT molecular complexity index is 1150. The van der Waals surface area contributed by atoms with Crippen LogP contribution in [0.3, 0.4) is 0 Å². The number of rotatable bonds is 3. The number of likely N-dealkylation sites (tertiary alicyclic amines) is 1. The quantitative estimate of drug-likeness (QED) is 0.576. The van der Waals surface area contributed by atoms with E-state index in [1.165, 1.54) is 0 Å². The Balaban J connectivity index is 1.47. The first-order valence-corrected chi connectivity index (χ1v) is 10.5. The van der Waals surface area contributed by atoms with E-state index in [2.05, 4.69) is 40.2 Å². The summed E-state index contributed by atoms with van der Waals surface area (Å²) in [5, 5.41) is 17.3. The number of thiophene rings is 1. The molecule has 1 aliphatic rings. The van der Waals surface area contributed by atoms with Gasteiger partial charge in [0.25, 0.3) is 0 Å². The first-order valence-electron chi connectivity index (χ1n) is 9.64. The fourth-order valence-electron chi connectivity index (χ4n) is 4.11. The maximum absolute atomic E-state index is 10.9. The van der Waals surface area contributed by atoms with E-state index in [9.17, 15) is 5.11 Å². The molecule has 4 aromatic heterocycles. The van der Waals surface area contributed by atoms with Gasteiger partial charge in [0, 0.05) is 53.1 Å². The molecule has 0 radical (unpaired) electrons. The number of aliphatic hydroxyl groups excluding tert-OH is 1. The smallest absolute Gasteiger partial charge is 0.181 e. The number of pyridine rings is 2. The van der Waals surface area contributed by atoms with Crippen molar-refractivity contribution in [3.63, 3.8) is 0 Å². The van der Waals surface area contributed by atoms with E-state index in [4.69, 9.17) is 4.98 Å². The number of nitrogens with zero attached hydrogens (tertiary/aromatic N) is 5. The second kappa shape index (κ2) is 6.92. The summed E-state index contributed by atoms with van der Waals surface area (Å²) in [6.07, 6.45) is 5.60. The Labute approximate surface area is 167 Å². The summed E-state index contributed by atoms with van der Waals surface area (Å²) in [5.74, 6) is 0.295. The molecule has 1 saturated heterocycles. The predicted octanol–water partition coefficient (Wildman–Crippen LogP) is 3.62. The molecule has 1 aliphatic heterocycles. The van der Waals surface area contributed by atoms with Gasteiger partial charge in [0.1, 0.15) is 4.83 Å². The van der Waals surface area contributed by atoms with E-state index in [1.807, 2.05) is 25.5 Å².